The van der Waals surface area contributed by atoms with Gasteiger partial charge < -0.3 is 5.43 Å². The molecular formula is C9H9N7O4S. The smallest absolute Gasteiger partial charge is 0.295 e. The number of nitrogens with one attached hydrogen (secondary N) is 2. The van der Waals surface area contributed by atoms with Crippen LogP contribution in [0.2, 0.25) is 0 Å². The van der Waals surface area contributed by atoms with Crippen molar-refractivity contribution in [3.8, 4) is 0 Å². The van der Waals surface area contributed by atoms with Crippen LogP contribution in [-0.2, 0) is 10.0 Å². The van der Waals surface area contributed by atoms with Gasteiger partial charge in [-0.2, -0.15) is 5.10 Å². The normalized spacial score (nSPS) is 10.9. The second-order valence-electron chi connectivity index (χ2n) is 3.65. The molecule has 0 aliphatic carbocycles. The lowest BCUT2D eigenvalue weighted by Crippen LogP contribution is -2.16. The molecular weight excluding hydrogens is 302 g/mol. The Labute approximate surface area is 118 Å². The lowest BCUT2D eigenvalue weighted by Gasteiger charge is -2.07. The third kappa shape index (κ3) is 3.18. The van der Waals surface area contributed by atoms with Crippen molar-refractivity contribution in [2.75, 3.05) is 10.1 Å². The lowest BCUT2D eigenvalue weighted by molar-refractivity contribution is -0.384. The van der Waals surface area contributed by atoms with E-state index in [-0.39, 0.29) is 16.5 Å². The third-order valence-corrected chi connectivity index (χ3v) is 3.67. The number of anilines is 2. The number of hydrazine groups is 1. The van der Waals surface area contributed by atoms with Crippen LogP contribution in [0.4, 0.5) is 17.3 Å². The molecule has 1 aromatic heterocycles. The molecule has 12 heteroatoms. The fourth-order valence-electron chi connectivity index (χ4n) is 1.43. The fourth-order valence-corrected chi connectivity index (χ4v) is 2.39. The summed E-state index contributed by atoms with van der Waals surface area (Å²) in [5.74, 6) is 4.87. The largest absolute Gasteiger partial charge is 0.318 e. The molecule has 1 heterocycles. The maximum Gasteiger partial charge on any atom is 0.295 e. The Hall–Kier alpha value is -2.86. The molecule has 4 N–H and O–H groups in total. The zero-order chi connectivity index (χ0) is 15.5. The van der Waals surface area contributed by atoms with Gasteiger partial charge in [0.05, 0.1) is 22.2 Å². The van der Waals surface area contributed by atoms with E-state index < -0.39 is 20.6 Å². The molecule has 0 amide bonds. The van der Waals surface area contributed by atoms with Crippen LogP contribution in [-0.4, -0.2) is 28.5 Å². The molecule has 0 saturated carbocycles. The van der Waals surface area contributed by atoms with Crippen LogP contribution in [0.5, 0.6) is 0 Å². The first-order valence-electron chi connectivity index (χ1n) is 5.35. The summed E-state index contributed by atoms with van der Waals surface area (Å²) >= 11 is 0. The first-order valence-corrected chi connectivity index (χ1v) is 6.84. The van der Waals surface area contributed by atoms with E-state index in [1.54, 1.807) is 0 Å². The number of aromatic nitrogens is 3. The van der Waals surface area contributed by atoms with Gasteiger partial charge in [-0.25, -0.2) is 18.1 Å². The molecule has 11 nitrogen and oxygen atoms in total. The maximum absolute atomic E-state index is 12.1. The van der Waals surface area contributed by atoms with Crippen molar-refractivity contribution in [1.29, 1.82) is 0 Å². The Balaban J connectivity index is 2.41. The minimum Gasteiger partial charge on any atom is -0.318 e. The Morgan fingerprint density at radius 3 is 2.62 bits per heavy atom. The molecule has 0 aliphatic heterocycles. The highest BCUT2D eigenvalue weighted by molar-refractivity contribution is 7.92. The summed E-state index contributed by atoms with van der Waals surface area (Å²) in [6.45, 7) is 0. The van der Waals surface area contributed by atoms with Gasteiger partial charge in [0.2, 0.25) is 0 Å². The van der Waals surface area contributed by atoms with Gasteiger partial charge in [-0.3, -0.25) is 16.0 Å². The molecule has 0 radical (unpaired) electrons. The fraction of sp³-hybridized carbons (Fsp3) is 0. The summed E-state index contributed by atoms with van der Waals surface area (Å²) in [6, 6.07) is 3.20. The Morgan fingerprint density at radius 2 is 2.05 bits per heavy atom. The molecule has 2 rings (SSSR count). The summed E-state index contributed by atoms with van der Waals surface area (Å²) in [7, 11) is -4.08. The highest BCUT2D eigenvalue weighted by Gasteiger charge is 2.22. The monoisotopic (exact) mass is 311 g/mol. The second kappa shape index (κ2) is 5.64. The summed E-state index contributed by atoms with van der Waals surface area (Å²) in [4.78, 5) is 13.4. The average molecular weight is 311 g/mol. The van der Waals surface area contributed by atoms with E-state index >= 15 is 0 Å². The first-order chi connectivity index (χ1) is 9.94. The van der Waals surface area contributed by atoms with Gasteiger partial charge in [-0.15, -0.1) is 5.10 Å². The minimum atomic E-state index is -4.08. The van der Waals surface area contributed by atoms with Crippen LogP contribution >= 0.6 is 0 Å². The number of nitrogens with two attached hydrogens (primary N) is 1. The van der Waals surface area contributed by atoms with Crippen molar-refractivity contribution in [3.63, 3.8) is 0 Å². The van der Waals surface area contributed by atoms with Gasteiger partial charge in [0, 0.05) is 6.07 Å². The molecule has 1 aromatic carbocycles. The number of hydrogen-bond donors (Lipinski definition) is 3. The van der Waals surface area contributed by atoms with Gasteiger partial charge in [-0.1, -0.05) is 0 Å². The Morgan fingerprint density at radius 1 is 1.29 bits per heavy atom. The summed E-state index contributed by atoms with van der Waals surface area (Å²) in [5.41, 5.74) is 1.62. The zero-order valence-corrected chi connectivity index (χ0v) is 11.1. The molecule has 0 atom stereocenters. The summed E-state index contributed by atoms with van der Waals surface area (Å²) in [6.07, 6.45) is 2.51. The van der Waals surface area contributed by atoms with Crippen LogP contribution < -0.4 is 16.0 Å². The van der Waals surface area contributed by atoms with E-state index in [0.717, 1.165) is 12.1 Å². The number of nitro benzene ring substituents is 1. The van der Waals surface area contributed by atoms with E-state index in [9.17, 15) is 18.5 Å². The van der Waals surface area contributed by atoms with E-state index in [4.69, 9.17) is 5.84 Å². The first kappa shape index (κ1) is 14.5. The van der Waals surface area contributed by atoms with Gasteiger partial charge in [0.1, 0.15) is 5.69 Å². The van der Waals surface area contributed by atoms with Crippen LogP contribution in [0.1, 0.15) is 0 Å². The average Bonchev–Trinajstić information content (AvgIpc) is 2.47. The summed E-state index contributed by atoms with van der Waals surface area (Å²) in [5, 5.41) is 17.8. The van der Waals surface area contributed by atoms with Gasteiger partial charge in [0.25, 0.3) is 21.7 Å². The van der Waals surface area contributed by atoms with Crippen LogP contribution in [0.25, 0.3) is 0 Å². The molecule has 0 bridgehead atoms. The SMILES string of the molecule is NNc1ccc(S(=O)(=O)Nc2nccnn2)cc1[N+](=O)[O-]. The van der Waals surface area contributed by atoms with Crippen molar-refractivity contribution in [1.82, 2.24) is 15.2 Å². The standard InChI is InChI=1S/C9H9N7O4S/c10-13-7-2-1-6(5-8(7)16(17)18)21(19,20)15-9-11-3-4-12-14-9/h1-5,13H,10H2,(H,11,14,15). The van der Waals surface area contributed by atoms with Crippen molar-refractivity contribution < 1.29 is 13.3 Å². The van der Waals surface area contributed by atoms with E-state index in [1.807, 2.05) is 0 Å². The molecule has 0 saturated heterocycles. The Bertz CT molecular complexity index is 765. The molecule has 21 heavy (non-hydrogen) atoms. The van der Waals surface area contributed by atoms with Gasteiger partial charge in [0.15, 0.2) is 0 Å². The maximum atomic E-state index is 12.1. The molecule has 0 spiro atoms. The number of nitro groups is 1. The zero-order valence-electron chi connectivity index (χ0n) is 10.3. The third-order valence-electron chi connectivity index (χ3n) is 2.34. The van der Waals surface area contributed by atoms with E-state index in [0.29, 0.717) is 0 Å². The van der Waals surface area contributed by atoms with Gasteiger partial charge >= 0.3 is 0 Å². The van der Waals surface area contributed by atoms with Crippen LogP contribution in [0.3, 0.4) is 0 Å². The second-order valence-corrected chi connectivity index (χ2v) is 5.33. The van der Waals surface area contributed by atoms with Crippen molar-refractivity contribution in [2.45, 2.75) is 4.90 Å². The van der Waals surface area contributed by atoms with Crippen molar-refractivity contribution in [3.05, 3.63) is 40.7 Å². The van der Waals surface area contributed by atoms with Crippen molar-refractivity contribution >= 4 is 27.3 Å². The number of hydrogen-bond acceptors (Lipinski definition) is 9. The van der Waals surface area contributed by atoms with E-state index in [2.05, 4.69) is 25.3 Å². The quantitative estimate of drug-likeness (QED) is 0.387. The predicted molar refractivity (Wildman–Crippen MR) is 71.5 cm³/mol. The molecule has 0 unspecified atom stereocenters. The molecule has 110 valence electrons. The topological polar surface area (TPSA) is 166 Å². The highest BCUT2D eigenvalue weighted by Crippen LogP contribution is 2.27. The summed E-state index contributed by atoms with van der Waals surface area (Å²) < 4.78 is 26.2. The predicted octanol–water partition coefficient (Wildman–Crippen LogP) is -0.134. The number of benzene rings is 1. The minimum absolute atomic E-state index is 0.0171. The number of nitrogen functional groups attached to an aromatic ring is 1. The number of rotatable bonds is 5. The van der Waals surface area contributed by atoms with Crippen LogP contribution in [0.15, 0.2) is 35.5 Å². The highest BCUT2D eigenvalue weighted by atomic mass is 32.2. The molecule has 0 fully saturated rings. The van der Waals surface area contributed by atoms with Gasteiger partial charge in [-0.05, 0) is 12.1 Å². The lowest BCUT2D eigenvalue weighted by atomic mass is 10.3. The van der Waals surface area contributed by atoms with Crippen LogP contribution in [0, 0.1) is 10.1 Å². The number of nitrogens with zero attached hydrogens (tertiary/aromatic N) is 4. The number of sulfonamides is 1. The molecule has 0 aliphatic rings. The molecule has 2 aromatic rings. The van der Waals surface area contributed by atoms with Crippen molar-refractivity contribution in [2.24, 2.45) is 5.84 Å². The Kier molecular flexibility index (Phi) is 3.91. The van der Waals surface area contributed by atoms with E-state index in [1.165, 1.54) is 18.5 Å².